The zero-order valence-electron chi connectivity index (χ0n) is 11.1. The van der Waals surface area contributed by atoms with Crippen molar-refractivity contribution in [3.05, 3.63) is 0 Å². The van der Waals surface area contributed by atoms with Crippen molar-refractivity contribution in [2.24, 2.45) is 5.92 Å². The molecule has 17 heavy (non-hydrogen) atoms. The molecule has 0 aromatic rings. The summed E-state index contributed by atoms with van der Waals surface area (Å²) in [5.74, 6) is 0.658. The Kier molecular flexibility index (Phi) is 7.77. The third-order valence-electron chi connectivity index (χ3n) is 3.22. The second kappa shape index (κ2) is 8.86. The van der Waals surface area contributed by atoms with E-state index >= 15 is 0 Å². The number of aliphatic hydroxyl groups is 1. The van der Waals surface area contributed by atoms with E-state index in [1.54, 1.807) is 7.11 Å². The Morgan fingerprint density at radius 2 is 1.94 bits per heavy atom. The topological polar surface area (TPSA) is 47.9 Å². The van der Waals surface area contributed by atoms with Gasteiger partial charge in [0.1, 0.15) is 0 Å². The van der Waals surface area contributed by atoms with Crippen molar-refractivity contribution in [1.82, 2.24) is 0 Å². The van der Waals surface area contributed by atoms with E-state index in [0.717, 1.165) is 32.3 Å². The molecular formula is C13H26O4. The Hall–Kier alpha value is -0.160. The first-order valence-electron chi connectivity index (χ1n) is 6.60. The lowest BCUT2D eigenvalue weighted by Crippen LogP contribution is -2.36. The predicted octanol–water partition coefficient (Wildman–Crippen LogP) is 1.61. The van der Waals surface area contributed by atoms with E-state index in [0.29, 0.717) is 25.7 Å². The van der Waals surface area contributed by atoms with Crippen LogP contribution in [-0.4, -0.2) is 50.9 Å². The Morgan fingerprint density at radius 3 is 2.71 bits per heavy atom. The molecular weight excluding hydrogens is 220 g/mol. The standard InChI is InChI=1S/C13H26O4/c1-11-4-5-12(14)13(10-11)17-9-8-16-7-3-6-15-2/h11-14H,3-10H2,1-2H3. The number of ether oxygens (including phenoxy) is 3. The molecule has 1 N–H and O–H groups in total. The molecule has 0 heterocycles. The highest BCUT2D eigenvalue weighted by Crippen LogP contribution is 2.26. The highest BCUT2D eigenvalue weighted by molar-refractivity contribution is 4.78. The molecule has 0 amide bonds. The van der Waals surface area contributed by atoms with Crippen LogP contribution in [0.2, 0.25) is 0 Å². The summed E-state index contributed by atoms with van der Waals surface area (Å²) in [5, 5.41) is 9.78. The van der Waals surface area contributed by atoms with Gasteiger partial charge in [-0.25, -0.2) is 0 Å². The molecule has 0 bridgehead atoms. The summed E-state index contributed by atoms with van der Waals surface area (Å²) in [6.07, 6.45) is 3.56. The molecule has 1 saturated carbocycles. The summed E-state index contributed by atoms with van der Waals surface area (Å²) >= 11 is 0. The first-order chi connectivity index (χ1) is 8.24. The zero-order chi connectivity index (χ0) is 12.5. The van der Waals surface area contributed by atoms with E-state index in [4.69, 9.17) is 14.2 Å². The number of hydrogen-bond donors (Lipinski definition) is 1. The highest BCUT2D eigenvalue weighted by atomic mass is 16.5. The van der Waals surface area contributed by atoms with Crippen LogP contribution in [-0.2, 0) is 14.2 Å². The molecule has 3 unspecified atom stereocenters. The van der Waals surface area contributed by atoms with Crippen molar-refractivity contribution in [2.75, 3.05) is 33.5 Å². The molecule has 0 radical (unpaired) electrons. The Bertz CT molecular complexity index is 186. The van der Waals surface area contributed by atoms with E-state index in [2.05, 4.69) is 6.92 Å². The fourth-order valence-corrected chi connectivity index (χ4v) is 2.16. The molecule has 1 aliphatic rings. The second-order valence-electron chi connectivity index (χ2n) is 4.85. The van der Waals surface area contributed by atoms with E-state index in [-0.39, 0.29) is 12.2 Å². The summed E-state index contributed by atoms with van der Waals surface area (Å²) in [6, 6.07) is 0. The molecule has 4 nitrogen and oxygen atoms in total. The normalized spacial score (nSPS) is 29.5. The Morgan fingerprint density at radius 1 is 1.12 bits per heavy atom. The highest BCUT2D eigenvalue weighted by Gasteiger charge is 2.27. The maximum atomic E-state index is 9.78. The maximum absolute atomic E-state index is 9.78. The average Bonchev–Trinajstić information content (AvgIpc) is 2.32. The zero-order valence-corrected chi connectivity index (χ0v) is 11.1. The van der Waals surface area contributed by atoms with Gasteiger partial charge in [-0.2, -0.15) is 0 Å². The van der Waals surface area contributed by atoms with Crippen molar-refractivity contribution < 1.29 is 19.3 Å². The summed E-state index contributed by atoms with van der Waals surface area (Å²) in [5.41, 5.74) is 0. The molecule has 102 valence electrons. The minimum atomic E-state index is -0.292. The van der Waals surface area contributed by atoms with Gasteiger partial charge < -0.3 is 19.3 Å². The molecule has 4 heteroatoms. The van der Waals surface area contributed by atoms with Gasteiger partial charge in [-0.05, 0) is 31.6 Å². The first kappa shape index (κ1) is 14.9. The number of rotatable bonds is 8. The third-order valence-corrected chi connectivity index (χ3v) is 3.22. The lowest BCUT2D eigenvalue weighted by molar-refractivity contribution is -0.0830. The van der Waals surface area contributed by atoms with Gasteiger partial charge in [-0.1, -0.05) is 6.92 Å². The van der Waals surface area contributed by atoms with Crippen molar-refractivity contribution >= 4 is 0 Å². The molecule has 0 aromatic carbocycles. The van der Waals surface area contributed by atoms with Crippen LogP contribution in [0.5, 0.6) is 0 Å². The third kappa shape index (κ3) is 6.36. The van der Waals surface area contributed by atoms with Crippen LogP contribution in [0, 0.1) is 5.92 Å². The van der Waals surface area contributed by atoms with Crippen LogP contribution in [0.25, 0.3) is 0 Å². The van der Waals surface area contributed by atoms with Gasteiger partial charge in [-0.3, -0.25) is 0 Å². The lowest BCUT2D eigenvalue weighted by Gasteiger charge is -2.31. The van der Waals surface area contributed by atoms with E-state index in [9.17, 15) is 5.11 Å². The van der Waals surface area contributed by atoms with Crippen molar-refractivity contribution in [2.45, 2.75) is 44.8 Å². The van der Waals surface area contributed by atoms with Gasteiger partial charge in [-0.15, -0.1) is 0 Å². The number of aliphatic hydroxyl groups excluding tert-OH is 1. The van der Waals surface area contributed by atoms with E-state index in [1.807, 2.05) is 0 Å². The van der Waals surface area contributed by atoms with Crippen molar-refractivity contribution in [1.29, 1.82) is 0 Å². The van der Waals surface area contributed by atoms with Gasteiger partial charge >= 0.3 is 0 Å². The molecule has 3 atom stereocenters. The fraction of sp³-hybridized carbons (Fsp3) is 1.00. The molecule has 1 rings (SSSR count). The summed E-state index contributed by atoms with van der Waals surface area (Å²) < 4.78 is 16.0. The van der Waals surface area contributed by atoms with Gasteiger partial charge in [0.05, 0.1) is 25.4 Å². The van der Waals surface area contributed by atoms with Gasteiger partial charge in [0.2, 0.25) is 0 Å². The minimum Gasteiger partial charge on any atom is -0.390 e. The Balaban J connectivity index is 1.97. The quantitative estimate of drug-likeness (QED) is 0.661. The second-order valence-corrected chi connectivity index (χ2v) is 4.85. The molecule has 1 aliphatic carbocycles. The SMILES string of the molecule is COCCCOCCOC1CC(C)CCC1O. The number of hydrogen-bond acceptors (Lipinski definition) is 4. The first-order valence-corrected chi connectivity index (χ1v) is 6.60. The van der Waals surface area contributed by atoms with Crippen LogP contribution < -0.4 is 0 Å². The van der Waals surface area contributed by atoms with Crippen LogP contribution in [0.1, 0.15) is 32.6 Å². The largest absolute Gasteiger partial charge is 0.390 e. The average molecular weight is 246 g/mol. The lowest BCUT2D eigenvalue weighted by atomic mass is 9.86. The molecule has 0 saturated heterocycles. The Labute approximate surface area is 104 Å². The maximum Gasteiger partial charge on any atom is 0.0837 e. The predicted molar refractivity (Wildman–Crippen MR) is 66.1 cm³/mol. The molecule has 0 spiro atoms. The molecule has 1 fully saturated rings. The number of methoxy groups -OCH3 is 1. The fourth-order valence-electron chi connectivity index (χ4n) is 2.16. The van der Waals surface area contributed by atoms with Crippen LogP contribution in [0.3, 0.4) is 0 Å². The van der Waals surface area contributed by atoms with Crippen molar-refractivity contribution in [3.8, 4) is 0 Å². The molecule has 0 aromatic heterocycles. The van der Waals surface area contributed by atoms with Crippen LogP contribution >= 0.6 is 0 Å². The summed E-state index contributed by atoms with van der Waals surface area (Å²) in [6.45, 7) is 4.83. The van der Waals surface area contributed by atoms with E-state index < -0.39 is 0 Å². The summed E-state index contributed by atoms with van der Waals surface area (Å²) in [7, 11) is 1.69. The van der Waals surface area contributed by atoms with E-state index in [1.165, 1.54) is 0 Å². The summed E-state index contributed by atoms with van der Waals surface area (Å²) in [4.78, 5) is 0. The van der Waals surface area contributed by atoms with Gasteiger partial charge in [0.25, 0.3) is 0 Å². The monoisotopic (exact) mass is 246 g/mol. The van der Waals surface area contributed by atoms with Crippen molar-refractivity contribution in [3.63, 3.8) is 0 Å². The smallest absolute Gasteiger partial charge is 0.0837 e. The van der Waals surface area contributed by atoms with Gasteiger partial charge in [0.15, 0.2) is 0 Å². The van der Waals surface area contributed by atoms with Crippen LogP contribution in [0.15, 0.2) is 0 Å². The molecule has 0 aliphatic heterocycles. The minimum absolute atomic E-state index is 0.00123. The van der Waals surface area contributed by atoms with Gasteiger partial charge in [0, 0.05) is 20.3 Å². The van der Waals surface area contributed by atoms with Crippen LogP contribution in [0.4, 0.5) is 0 Å².